The molecule has 5 heteroatoms. The number of hydrogen-bond donors (Lipinski definition) is 0. The Hall–Kier alpha value is -0.430. The molecule has 1 aliphatic heterocycles. The van der Waals surface area contributed by atoms with Gasteiger partial charge in [0.25, 0.3) is 5.56 Å². The third-order valence-corrected chi connectivity index (χ3v) is 2.40. The number of nitrogens with zero attached hydrogens (tertiary/aromatic N) is 2. The van der Waals surface area contributed by atoms with Crippen LogP contribution in [0.15, 0.2) is 17.3 Å². The van der Waals surface area contributed by atoms with E-state index < -0.39 is 0 Å². The van der Waals surface area contributed by atoms with Crippen LogP contribution in [0.4, 0.5) is 0 Å². The highest BCUT2D eigenvalue weighted by Gasteiger charge is 2.23. The summed E-state index contributed by atoms with van der Waals surface area (Å²) in [6.45, 7) is 1.39. The number of rotatable bonds is 2. The average molecular weight is 278 g/mol. The summed E-state index contributed by atoms with van der Waals surface area (Å²) in [6.07, 6.45) is 3.34. The Morgan fingerprint density at radius 1 is 1.83 bits per heavy atom. The molecule has 0 N–H and O–H groups in total. The third kappa shape index (κ3) is 1.66. The van der Waals surface area contributed by atoms with Gasteiger partial charge in [-0.1, -0.05) is 0 Å². The predicted molar refractivity (Wildman–Crippen MR) is 51.0 cm³/mol. The zero-order chi connectivity index (χ0) is 8.55. The van der Waals surface area contributed by atoms with Crippen LogP contribution in [-0.4, -0.2) is 22.3 Å². The zero-order valence-electron chi connectivity index (χ0n) is 6.24. The van der Waals surface area contributed by atoms with Crippen molar-refractivity contribution in [1.29, 1.82) is 0 Å². The molecule has 0 aliphatic carbocycles. The Bertz CT molecular complexity index is 346. The number of halogens is 1. The summed E-state index contributed by atoms with van der Waals surface area (Å²) in [5, 5.41) is 0. The monoisotopic (exact) mass is 278 g/mol. The van der Waals surface area contributed by atoms with Crippen LogP contribution in [0.3, 0.4) is 0 Å². The Morgan fingerprint density at radius 2 is 2.58 bits per heavy atom. The molecule has 12 heavy (non-hydrogen) atoms. The summed E-state index contributed by atoms with van der Waals surface area (Å²) in [7, 11) is 0. The van der Waals surface area contributed by atoms with E-state index >= 15 is 0 Å². The molecule has 0 spiro atoms. The molecule has 0 saturated carbocycles. The second-order valence-electron chi connectivity index (χ2n) is 2.65. The van der Waals surface area contributed by atoms with Gasteiger partial charge in [-0.3, -0.25) is 9.36 Å². The van der Waals surface area contributed by atoms with Crippen LogP contribution in [0.1, 0.15) is 0 Å². The lowest BCUT2D eigenvalue weighted by molar-refractivity contribution is 0.379. The molecule has 0 unspecified atom stereocenters. The number of hydrogen-bond acceptors (Lipinski definition) is 3. The molecule has 1 atom stereocenters. The van der Waals surface area contributed by atoms with E-state index in [0.29, 0.717) is 10.1 Å². The second-order valence-corrected chi connectivity index (χ2v) is 3.82. The Kier molecular flexibility index (Phi) is 2.14. The van der Waals surface area contributed by atoms with Crippen LogP contribution in [0.5, 0.6) is 0 Å². The highest BCUT2D eigenvalue weighted by Crippen LogP contribution is 2.10. The number of epoxide rings is 1. The lowest BCUT2D eigenvalue weighted by atomic mass is 10.4. The lowest BCUT2D eigenvalue weighted by Crippen LogP contribution is -2.24. The molecule has 0 radical (unpaired) electrons. The third-order valence-electron chi connectivity index (χ3n) is 1.66. The SMILES string of the molecule is O=c1c(I)cncn1C[C@H]1CO1. The van der Waals surface area contributed by atoms with Crippen molar-refractivity contribution in [2.75, 3.05) is 6.61 Å². The van der Waals surface area contributed by atoms with Crippen molar-refractivity contribution in [3.8, 4) is 0 Å². The van der Waals surface area contributed by atoms with Crippen LogP contribution in [0.2, 0.25) is 0 Å². The molecule has 2 heterocycles. The van der Waals surface area contributed by atoms with Crippen molar-refractivity contribution in [2.24, 2.45) is 0 Å². The normalized spacial score (nSPS) is 20.9. The Morgan fingerprint density at radius 3 is 3.25 bits per heavy atom. The maximum Gasteiger partial charge on any atom is 0.266 e. The van der Waals surface area contributed by atoms with Crippen LogP contribution in [0.25, 0.3) is 0 Å². The van der Waals surface area contributed by atoms with Crippen molar-refractivity contribution in [3.63, 3.8) is 0 Å². The first kappa shape index (κ1) is 8.18. The minimum absolute atomic E-state index is 0.0149. The summed E-state index contributed by atoms with van der Waals surface area (Å²) in [6, 6.07) is 0. The van der Waals surface area contributed by atoms with E-state index in [4.69, 9.17) is 4.74 Å². The van der Waals surface area contributed by atoms with Gasteiger partial charge >= 0.3 is 0 Å². The standard InChI is InChI=1S/C7H7IN2O2/c8-6-1-9-4-10(7(6)11)2-5-3-12-5/h1,4-5H,2-3H2/t5-/m0/s1. The summed E-state index contributed by atoms with van der Waals surface area (Å²) in [4.78, 5) is 15.3. The quantitative estimate of drug-likeness (QED) is 0.575. The number of ether oxygens (including phenoxy) is 1. The molecule has 1 fully saturated rings. The van der Waals surface area contributed by atoms with E-state index in [1.54, 1.807) is 17.1 Å². The van der Waals surface area contributed by atoms with Gasteiger partial charge in [-0.25, -0.2) is 4.98 Å². The van der Waals surface area contributed by atoms with E-state index in [1.807, 2.05) is 22.6 Å². The van der Waals surface area contributed by atoms with E-state index in [-0.39, 0.29) is 11.7 Å². The molecule has 1 saturated heterocycles. The molecule has 4 nitrogen and oxygen atoms in total. The fourth-order valence-corrected chi connectivity index (χ4v) is 1.42. The first-order chi connectivity index (χ1) is 5.77. The molecule has 1 aliphatic rings. The summed E-state index contributed by atoms with van der Waals surface area (Å²) in [5.41, 5.74) is 0.0149. The van der Waals surface area contributed by atoms with Crippen molar-refractivity contribution in [2.45, 2.75) is 12.6 Å². The van der Waals surface area contributed by atoms with Crippen molar-refractivity contribution in [1.82, 2.24) is 9.55 Å². The highest BCUT2D eigenvalue weighted by atomic mass is 127. The molecule has 1 aromatic rings. The summed E-state index contributed by atoms with van der Waals surface area (Å²) in [5.74, 6) is 0. The molecule has 64 valence electrons. The topological polar surface area (TPSA) is 47.4 Å². The van der Waals surface area contributed by atoms with Crippen LogP contribution in [0, 0.1) is 3.57 Å². The van der Waals surface area contributed by atoms with Crippen LogP contribution in [-0.2, 0) is 11.3 Å². The van der Waals surface area contributed by atoms with Crippen molar-refractivity contribution in [3.05, 3.63) is 26.4 Å². The Labute approximate surface area is 82.7 Å². The van der Waals surface area contributed by atoms with Crippen molar-refractivity contribution < 1.29 is 4.74 Å². The second kappa shape index (κ2) is 3.14. The minimum Gasteiger partial charge on any atom is -0.371 e. The maximum atomic E-state index is 11.4. The van der Waals surface area contributed by atoms with Gasteiger partial charge in [0.15, 0.2) is 0 Å². The average Bonchev–Trinajstić information content (AvgIpc) is 2.83. The molecular formula is C7H7IN2O2. The lowest BCUT2D eigenvalue weighted by Gasteiger charge is -2.00. The molecular weight excluding hydrogens is 271 g/mol. The first-order valence-corrected chi connectivity index (χ1v) is 4.67. The van der Waals surface area contributed by atoms with E-state index in [1.165, 1.54) is 0 Å². The van der Waals surface area contributed by atoms with Gasteiger partial charge in [0.1, 0.15) is 0 Å². The first-order valence-electron chi connectivity index (χ1n) is 3.59. The number of aromatic nitrogens is 2. The predicted octanol–water partition coefficient (Wildman–Crippen LogP) is 0.247. The van der Waals surface area contributed by atoms with Gasteiger partial charge in [0.05, 0.1) is 29.2 Å². The van der Waals surface area contributed by atoms with Gasteiger partial charge in [0.2, 0.25) is 0 Å². The molecule has 2 rings (SSSR count). The summed E-state index contributed by atoms with van der Waals surface area (Å²) >= 11 is 1.98. The molecule has 0 amide bonds. The fourth-order valence-electron chi connectivity index (χ4n) is 0.947. The maximum absolute atomic E-state index is 11.4. The van der Waals surface area contributed by atoms with Crippen molar-refractivity contribution >= 4 is 22.6 Å². The summed E-state index contributed by atoms with van der Waals surface area (Å²) < 4.78 is 7.25. The van der Waals surface area contributed by atoms with Gasteiger partial charge < -0.3 is 4.74 Å². The molecule has 1 aromatic heterocycles. The fraction of sp³-hybridized carbons (Fsp3) is 0.429. The van der Waals surface area contributed by atoms with Gasteiger partial charge in [-0.2, -0.15) is 0 Å². The van der Waals surface area contributed by atoms with Gasteiger partial charge in [0, 0.05) is 6.20 Å². The minimum atomic E-state index is 0.0149. The smallest absolute Gasteiger partial charge is 0.266 e. The van der Waals surface area contributed by atoms with Crippen LogP contribution >= 0.6 is 22.6 Å². The highest BCUT2D eigenvalue weighted by molar-refractivity contribution is 14.1. The van der Waals surface area contributed by atoms with E-state index in [9.17, 15) is 4.79 Å². The van der Waals surface area contributed by atoms with Crippen LogP contribution < -0.4 is 5.56 Å². The zero-order valence-corrected chi connectivity index (χ0v) is 8.39. The van der Waals surface area contributed by atoms with E-state index in [0.717, 1.165) is 6.61 Å². The van der Waals surface area contributed by atoms with Gasteiger partial charge in [-0.15, -0.1) is 0 Å². The molecule has 0 bridgehead atoms. The van der Waals surface area contributed by atoms with Gasteiger partial charge in [-0.05, 0) is 22.6 Å². The largest absolute Gasteiger partial charge is 0.371 e. The van der Waals surface area contributed by atoms with E-state index in [2.05, 4.69) is 4.98 Å². The molecule has 0 aromatic carbocycles. The Balaban J connectivity index is 2.29.